The molecule has 17 heavy (non-hydrogen) atoms. The highest BCUT2D eigenvalue weighted by atomic mass is 32.1. The highest BCUT2D eigenvalue weighted by Crippen LogP contribution is 2.17. The molecule has 2 rings (SSSR count). The molecule has 2 N–H and O–H groups in total. The van der Waals surface area contributed by atoms with Gasteiger partial charge in [0.2, 0.25) is 0 Å². The molecule has 0 saturated heterocycles. The maximum atomic E-state index is 13.4. The summed E-state index contributed by atoms with van der Waals surface area (Å²) in [5, 5.41) is 17.1. The fraction of sp³-hybridized carbons (Fsp3) is 0.100. The van der Waals surface area contributed by atoms with Gasteiger partial charge in [0.15, 0.2) is 0 Å². The molecule has 0 saturated carbocycles. The lowest BCUT2D eigenvalue weighted by atomic mass is 10.2. The molecule has 88 valence electrons. The van der Waals surface area contributed by atoms with Gasteiger partial charge in [0, 0.05) is 5.38 Å². The maximum Gasteiger partial charge on any atom is 0.335 e. The average Bonchev–Trinajstić information content (AvgIpc) is 2.80. The van der Waals surface area contributed by atoms with Gasteiger partial charge in [0.05, 0.1) is 23.5 Å². The average molecular weight is 253 g/mol. The fourth-order valence-electron chi connectivity index (χ4n) is 1.24. The first-order chi connectivity index (χ1) is 8.16. The number of rotatable bonds is 4. The highest BCUT2D eigenvalue weighted by molar-refractivity contribution is 7.03. The van der Waals surface area contributed by atoms with Crippen molar-refractivity contribution in [1.29, 1.82) is 0 Å². The smallest absolute Gasteiger partial charge is 0.335 e. The third-order valence-electron chi connectivity index (χ3n) is 2.08. The predicted octanol–water partition coefficient (Wildman–Crippen LogP) is 1.99. The summed E-state index contributed by atoms with van der Waals surface area (Å²) in [6, 6.07) is 3.58. The Morgan fingerprint density at radius 1 is 1.53 bits per heavy atom. The molecule has 1 aromatic carbocycles. The largest absolute Gasteiger partial charge is 0.478 e. The zero-order valence-electron chi connectivity index (χ0n) is 8.55. The Bertz CT molecular complexity index is 530. The Morgan fingerprint density at radius 2 is 2.35 bits per heavy atom. The van der Waals surface area contributed by atoms with E-state index in [1.54, 1.807) is 5.38 Å². The van der Waals surface area contributed by atoms with E-state index in [1.807, 2.05) is 0 Å². The van der Waals surface area contributed by atoms with E-state index in [1.165, 1.54) is 23.7 Å². The van der Waals surface area contributed by atoms with E-state index in [-0.39, 0.29) is 11.3 Å². The van der Waals surface area contributed by atoms with Crippen LogP contribution in [0.2, 0.25) is 0 Å². The number of nitrogens with zero attached hydrogens (tertiary/aromatic N) is 2. The summed E-state index contributed by atoms with van der Waals surface area (Å²) < 4.78 is 17.0. The van der Waals surface area contributed by atoms with Crippen LogP contribution in [0.1, 0.15) is 16.1 Å². The Kier molecular flexibility index (Phi) is 3.29. The zero-order valence-corrected chi connectivity index (χ0v) is 9.37. The molecule has 0 amide bonds. The third-order valence-corrected chi connectivity index (χ3v) is 2.63. The van der Waals surface area contributed by atoms with Crippen LogP contribution in [0.25, 0.3) is 0 Å². The van der Waals surface area contributed by atoms with Crippen molar-refractivity contribution in [2.75, 3.05) is 5.32 Å². The summed E-state index contributed by atoms with van der Waals surface area (Å²) in [7, 11) is 0. The Labute approximate surface area is 100 Å². The van der Waals surface area contributed by atoms with Crippen molar-refractivity contribution < 1.29 is 14.3 Å². The number of carboxylic acids is 1. The van der Waals surface area contributed by atoms with Crippen LogP contribution >= 0.6 is 11.5 Å². The minimum atomic E-state index is -1.09. The Morgan fingerprint density at radius 3 is 3.00 bits per heavy atom. The predicted molar refractivity (Wildman–Crippen MR) is 60.6 cm³/mol. The van der Waals surface area contributed by atoms with Gasteiger partial charge in [-0.05, 0) is 29.7 Å². The number of hydrogen-bond acceptors (Lipinski definition) is 5. The van der Waals surface area contributed by atoms with Gasteiger partial charge in [-0.1, -0.05) is 4.49 Å². The SMILES string of the molecule is O=C(O)c1ccc(F)c(NCc2csnn2)c1. The first kappa shape index (κ1) is 11.5. The normalized spacial score (nSPS) is 10.2. The summed E-state index contributed by atoms with van der Waals surface area (Å²) in [5.41, 5.74) is 0.846. The van der Waals surface area contributed by atoms with Gasteiger partial charge in [-0.15, -0.1) is 5.10 Å². The molecule has 1 aromatic heterocycles. The van der Waals surface area contributed by atoms with Crippen LogP contribution in [-0.2, 0) is 6.54 Å². The first-order valence-corrected chi connectivity index (χ1v) is 5.53. The number of benzene rings is 1. The van der Waals surface area contributed by atoms with E-state index < -0.39 is 11.8 Å². The van der Waals surface area contributed by atoms with Crippen LogP contribution in [-0.4, -0.2) is 20.7 Å². The Hall–Kier alpha value is -2.02. The lowest BCUT2D eigenvalue weighted by molar-refractivity contribution is 0.0697. The number of nitrogens with one attached hydrogen (secondary N) is 1. The lowest BCUT2D eigenvalue weighted by Crippen LogP contribution is -2.04. The van der Waals surface area contributed by atoms with Gasteiger partial charge >= 0.3 is 5.97 Å². The van der Waals surface area contributed by atoms with Crippen molar-refractivity contribution in [3.8, 4) is 0 Å². The van der Waals surface area contributed by atoms with Crippen LogP contribution in [0.3, 0.4) is 0 Å². The summed E-state index contributed by atoms with van der Waals surface area (Å²) in [5.74, 6) is -1.60. The summed E-state index contributed by atoms with van der Waals surface area (Å²) in [6.45, 7) is 0.302. The summed E-state index contributed by atoms with van der Waals surface area (Å²) in [6.07, 6.45) is 0. The molecule has 0 spiro atoms. The van der Waals surface area contributed by atoms with Crippen LogP contribution in [0.5, 0.6) is 0 Å². The van der Waals surface area contributed by atoms with Crippen LogP contribution in [0.15, 0.2) is 23.6 Å². The van der Waals surface area contributed by atoms with E-state index in [9.17, 15) is 9.18 Å². The number of hydrogen-bond donors (Lipinski definition) is 2. The molecule has 0 aliphatic carbocycles. The van der Waals surface area contributed by atoms with Gasteiger partial charge in [-0.3, -0.25) is 0 Å². The standard InChI is InChI=1S/C10H8FN3O2S/c11-8-2-1-6(10(15)16)3-9(8)12-4-7-5-17-14-13-7/h1-3,5,12H,4H2,(H,15,16). The quantitative estimate of drug-likeness (QED) is 0.871. The van der Waals surface area contributed by atoms with Gasteiger partial charge in [-0.25, -0.2) is 9.18 Å². The molecule has 0 atom stereocenters. The van der Waals surface area contributed by atoms with E-state index in [2.05, 4.69) is 14.9 Å². The van der Waals surface area contributed by atoms with Crippen molar-refractivity contribution in [1.82, 2.24) is 9.59 Å². The number of carbonyl (C=O) groups is 1. The van der Waals surface area contributed by atoms with Gasteiger partial charge < -0.3 is 10.4 Å². The van der Waals surface area contributed by atoms with Crippen molar-refractivity contribution in [3.63, 3.8) is 0 Å². The van der Waals surface area contributed by atoms with E-state index >= 15 is 0 Å². The maximum absolute atomic E-state index is 13.4. The second-order valence-corrected chi connectivity index (χ2v) is 3.86. The van der Waals surface area contributed by atoms with Crippen molar-refractivity contribution in [2.45, 2.75) is 6.54 Å². The topological polar surface area (TPSA) is 75.1 Å². The summed E-state index contributed by atoms with van der Waals surface area (Å²) in [4.78, 5) is 10.7. The fourth-order valence-corrected chi connectivity index (χ4v) is 1.69. The monoisotopic (exact) mass is 253 g/mol. The van der Waals surface area contributed by atoms with Crippen molar-refractivity contribution >= 4 is 23.2 Å². The van der Waals surface area contributed by atoms with Crippen molar-refractivity contribution in [2.24, 2.45) is 0 Å². The summed E-state index contributed by atoms with van der Waals surface area (Å²) >= 11 is 1.20. The molecule has 0 unspecified atom stereocenters. The third kappa shape index (κ3) is 2.76. The lowest BCUT2D eigenvalue weighted by Gasteiger charge is -2.06. The molecule has 0 aliphatic heterocycles. The Balaban J connectivity index is 2.14. The second-order valence-electron chi connectivity index (χ2n) is 3.25. The minimum absolute atomic E-state index is 0.0327. The molecule has 0 radical (unpaired) electrons. The van der Waals surface area contributed by atoms with Gasteiger partial charge in [0.25, 0.3) is 0 Å². The van der Waals surface area contributed by atoms with E-state index in [0.29, 0.717) is 12.2 Å². The molecule has 0 fully saturated rings. The molecular weight excluding hydrogens is 245 g/mol. The van der Waals surface area contributed by atoms with Gasteiger partial charge in [0.1, 0.15) is 5.82 Å². The molecule has 1 heterocycles. The molecule has 7 heteroatoms. The second kappa shape index (κ2) is 4.88. The molecule has 0 bridgehead atoms. The van der Waals surface area contributed by atoms with E-state index in [4.69, 9.17) is 5.11 Å². The van der Waals surface area contributed by atoms with Crippen LogP contribution in [0.4, 0.5) is 10.1 Å². The molecular formula is C10H8FN3O2S. The first-order valence-electron chi connectivity index (χ1n) is 4.69. The number of anilines is 1. The molecule has 0 aliphatic rings. The molecule has 5 nitrogen and oxygen atoms in total. The number of aromatic nitrogens is 2. The van der Waals surface area contributed by atoms with Crippen LogP contribution in [0, 0.1) is 5.82 Å². The zero-order chi connectivity index (χ0) is 12.3. The minimum Gasteiger partial charge on any atom is -0.478 e. The van der Waals surface area contributed by atoms with Gasteiger partial charge in [-0.2, -0.15) is 0 Å². The number of halogens is 1. The molecule has 2 aromatic rings. The highest BCUT2D eigenvalue weighted by Gasteiger charge is 2.08. The van der Waals surface area contributed by atoms with E-state index in [0.717, 1.165) is 6.07 Å². The number of aromatic carboxylic acids is 1. The van der Waals surface area contributed by atoms with Crippen LogP contribution < -0.4 is 5.32 Å². The van der Waals surface area contributed by atoms with Crippen molar-refractivity contribution in [3.05, 3.63) is 40.7 Å². The number of carboxylic acid groups (broad SMARTS) is 1.